The molecule has 2 N–H and O–H groups in total. The molecule has 0 fully saturated rings. The summed E-state index contributed by atoms with van der Waals surface area (Å²) in [6.45, 7) is 1.58. The van der Waals surface area contributed by atoms with E-state index in [4.69, 9.17) is 9.84 Å². The number of hydrogen-bond acceptors (Lipinski definition) is 5. The SMILES string of the molecule is COC(=O)c1ccc(NC(=O)N(C)CC(C)C(=O)O)cc1OC. The van der Waals surface area contributed by atoms with E-state index in [-0.39, 0.29) is 17.9 Å². The first kappa shape index (κ1) is 18.3. The van der Waals surface area contributed by atoms with Crippen molar-refractivity contribution >= 4 is 23.7 Å². The number of aliphatic carboxylic acids is 1. The quantitative estimate of drug-likeness (QED) is 0.771. The van der Waals surface area contributed by atoms with Crippen LogP contribution < -0.4 is 10.1 Å². The fraction of sp³-hybridized carbons (Fsp3) is 0.400. The van der Waals surface area contributed by atoms with E-state index in [2.05, 4.69) is 10.1 Å². The average molecular weight is 324 g/mol. The van der Waals surface area contributed by atoms with Crippen LogP contribution in [0.15, 0.2) is 18.2 Å². The Morgan fingerprint density at radius 2 is 1.96 bits per heavy atom. The lowest BCUT2D eigenvalue weighted by molar-refractivity contribution is -0.141. The number of nitrogens with one attached hydrogen (secondary N) is 1. The van der Waals surface area contributed by atoms with Crippen molar-refractivity contribution in [3.05, 3.63) is 23.8 Å². The summed E-state index contributed by atoms with van der Waals surface area (Å²) in [5.74, 6) is -1.95. The molecule has 8 heteroatoms. The van der Waals surface area contributed by atoms with E-state index in [9.17, 15) is 14.4 Å². The van der Waals surface area contributed by atoms with Gasteiger partial charge in [-0.1, -0.05) is 6.92 Å². The lowest BCUT2D eigenvalue weighted by Gasteiger charge is -2.20. The fourth-order valence-electron chi connectivity index (χ4n) is 1.84. The number of anilines is 1. The van der Waals surface area contributed by atoms with Gasteiger partial charge in [-0.25, -0.2) is 9.59 Å². The van der Waals surface area contributed by atoms with Gasteiger partial charge in [0.05, 0.1) is 20.1 Å². The van der Waals surface area contributed by atoms with E-state index in [1.807, 2.05) is 0 Å². The number of carboxylic acids is 1. The Morgan fingerprint density at radius 1 is 1.30 bits per heavy atom. The number of nitrogens with zero attached hydrogens (tertiary/aromatic N) is 1. The molecule has 0 spiro atoms. The minimum atomic E-state index is -0.978. The minimum absolute atomic E-state index is 0.0680. The van der Waals surface area contributed by atoms with Crippen LogP contribution >= 0.6 is 0 Å². The van der Waals surface area contributed by atoms with Crippen LogP contribution in [-0.2, 0) is 9.53 Å². The second-order valence-corrected chi connectivity index (χ2v) is 4.96. The van der Waals surface area contributed by atoms with E-state index >= 15 is 0 Å². The molecule has 1 unspecified atom stereocenters. The normalized spacial score (nSPS) is 11.3. The second-order valence-electron chi connectivity index (χ2n) is 4.96. The highest BCUT2D eigenvalue weighted by Crippen LogP contribution is 2.24. The molecule has 0 saturated carbocycles. The Hall–Kier alpha value is -2.77. The third-order valence-corrected chi connectivity index (χ3v) is 3.17. The minimum Gasteiger partial charge on any atom is -0.496 e. The van der Waals surface area contributed by atoms with Crippen molar-refractivity contribution in [2.75, 3.05) is 33.1 Å². The zero-order valence-electron chi connectivity index (χ0n) is 13.5. The van der Waals surface area contributed by atoms with E-state index in [1.165, 1.54) is 51.3 Å². The number of ether oxygens (including phenoxy) is 2. The van der Waals surface area contributed by atoms with E-state index in [0.717, 1.165) is 0 Å². The Balaban J connectivity index is 2.82. The summed E-state index contributed by atoms with van der Waals surface area (Å²) in [4.78, 5) is 35.7. The summed E-state index contributed by atoms with van der Waals surface area (Å²) in [7, 11) is 4.15. The maximum Gasteiger partial charge on any atom is 0.341 e. The van der Waals surface area contributed by atoms with Crippen molar-refractivity contribution in [3.8, 4) is 5.75 Å². The molecule has 1 atom stereocenters. The highest BCUT2D eigenvalue weighted by molar-refractivity contribution is 5.95. The number of esters is 1. The predicted octanol–water partition coefficient (Wildman–Crippen LogP) is 1.67. The fourth-order valence-corrected chi connectivity index (χ4v) is 1.84. The van der Waals surface area contributed by atoms with E-state index < -0.39 is 23.9 Å². The first-order valence-electron chi connectivity index (χ1n) is 6.81. The van der Waals surface area contributed by atoms with Gasteiger partial charge < -0.3 is 24.8 Å². The third-order valence-electron chi connectivity index (χ3n) is 3.17. The van der Waals surface area contributed by atoms with Crippen LogP contribution in [0.2, 0.25) is 0 Å². The molecule has 0 radical (unpaired) electrons. The van der Waals surface area contributed by atoms with Gasteiger partial charge in [-0.15, -0.1) is 0 Å². The molecule has 1 aromatic carbocycles. The topological polar surface area (TPSA) is 105 Å². The molecule has 1 aromatic rings. The summed E-state index contributed by atoms with van der Waals surface area (Å²) < 4.78 is 9.74. The van der Waals surface area contributed by atoms with Crippen LogP contribution in [-0.4, -0.2) is 55.8 Å². The largest absolute Gasteiger partial charge is 0.496 e. The third kappa shape index (κ3) is 4.87. The molecule has 0 aliphatic carbocycles. The summed E-state index contributed by atoms with van der Waals surface area (Å²) in [6, 6.07) is 4.02. The maximum absolute atomic E-state index is 12.0. The Kier molecular flexibility index (Phi) is 6.37. The lowest BCUT2D eigenvalue weighted by atomic mass is 10.1. The van der Waals surface area contributed by atoms with Gasteiger partial charge in [-0.05, 0) is 12.1 Å². The van der Waals surface area contributed by atoms with Crippen molar-refractivity contribution < 1.29 is 29.0 Å². The van der Waals surface area contributed by atoms with Crippen molar-refractivity contribution in [2.24, 2.45) is 5.92 Å². The predicted molar refractivity (Wildman–Crippen MR) is 82.8 cm³/mol. The van der Waals surface area contributed by atoms with Gasteiger partial charge in [-0.2, -0.15) is 0 Å². The highest BCUT2D eigenvalue weighted by Gasteiger charge is 2.18. The molecule has 2 amide bonds. The van der Waals surface area contributed by atoms with Crippen molar-refractivity contribution in [2.45, 2.75) is 6.92 Å². The standard InChI is InChI=1S/C15H20N2O6/c1-9(13(18)19)8-17(2)15(21)16-10-5-6-11(14(20)23-4)12(7-10)22-3/h5-7,9H,8H2,1-4H3,(H,16,21)(H,18,19). The molecule has 0 aliphatic heterocycles. The monoisotopic (exact) mass is 324 g/mol. The number of methoxy groups -OCH3 is 2. The van der Waals surface area contributed by atoms with Crippen molar-refractivity contribution in [1.82, 2.24) is 4.90 Å². The van der Waals surface area contributed by atoms with Gasteiger partial charge in [0.2, 0.25) is 0 Å². The van der Waals surface area contributed by atoms with Crippen LogP contribution in [0.25, 0.3) is 0 Å². The first-order chi connectivity index (χ1) is 10.8. The maximum atomic E-state index is 12.0. The zero-order valence-corrected chi connectivity index (χ0v) is 13.5. The van der Waals surface area contributed by atoms with Crippen LogP contribution in [0.4, 0.5) is 10.5 Å². The molecule has 0 saturated heterocycles. The number of carbonyl (C=O) groups excluding carboxylic acids is 2. The summed E-state index contributed by atoms with van der Waals surface area (Å²) in [6.07, 6.45) is 0. The smallest absolute Gasteiger partial charge is 0.341 e. The first-order valence-corrected chi connectivity index (χ1v) is 6.81. The summed E-state index contributed by atoms with van der Waals surface area (Å²) in [5.41, 5.74) is 0.648. The molecule has 0 bridgehead atoms. The molecular weight excluding hydrogens is 304 g/mol. The molecule has 0 aromatic heterocycles. The lowest BCUT2D eigenvalue weighted by Crippen LogP contribution is -2.36. The molecule has 1 rings (SSSR count). The van der Waals surface area contributed by atoms with E-state index in [0.29, 0.717) is 5.69 Å². The molecule has 126 valence electrons. The Morgan fingerprint density at radius 3 is 2.48 bits per heavy atom. The summed E-state index contributed by atoms with van der Waals surface area (Å²) >= 11 is 0. The zero-order chi connectivity index (χ0) is 17.6. The molecule has 0 aliphatic rings. The Bertz CT molecular complexity index is 602. The van der Waals surface area contributed by atoms with Crippen molar-refractivity contribution in [3.63, 3.8) is 0 Å². The Labute approximate surface area is 134 Å². The number of carbonyl (C=O) groups is 3. The number of benzene rings is 1. The van der Waals surface area contributed by atoms with Gasteiger partial charge in [0.15, 0.2) is 0 Å². The second kappa shape index (κ2) is 8.02. The van der Waals surface area contributed by atoms with Crippen LogP contribution in [0.1, 0.15) is 17.3 Å². The molecule has 23 heavy (non-hydrogen) atoms. The highest BCUT2D eigenvalue weighted by atomic mass is 16.5. The van der Waals surface area contributed by atoms with Gasteiger partial charge in [0, 0.05) is 25.3 Å². The number of amides is 2. The van der Waals surface area contributed by atoms with Crippen LogP contribution in [0.5, 0.6) is 5.75 Å². The number of hydrogen-bond donors (Lipinski definition) is 2. The molecule has 8 nitrogen and oxygen atoms in total. The van der Waals surface area contributed by atoms with Gasteiger partial charge >= 0.3 is 18.0 Å². The van der Waals surface area contributed by atoms with Crippen LogP contribution in [0.3, 0.4) is 0 Å². The number of rotatable bonds is 6. The molecular formula is C15H20N2O6. The van der Waals surface area contributed by atoms with Gasteiger partial charge in [-0.3, -0.25) is 4.79 Å². The number of carboxylic acid groups (broad SMARTS) is 1. The molecule has 0 heterocycles. The summed E-state index contributed by atoms with van der Waals surface area (Å²) in [5, 5.41) is 11.5. The van der Waals surface area contributed by atoms with Gasteiger partial charge in [0.25, 0.3) is 0 Å². The van der Waals surface area contributed by atoms with Crippen molar-refractivity contribution in [1.29, 1.82) is 0 Å². The van der Waals surface area contributed by atoms with Gasteiger partial charge in [0.1, 0.15) is 11.3 Å². The van der Waals surface area contributed by atoms with Crippen LogP contribution in [0, 0.1) is 5.92 Å². The van der Waals surface area contributed by atoms with E-state index in [1.54, 1.807) is 0 Å². The average Bonchev–Trinajstić information content (AvgIpc) is 2.53. The number of urea groups is 1.